The summed E-state index contributed by atoms with van der Waals surface area (Å²) in [6.45, 7) is 4.22. The van der Waals surface area contributed by atoms with Crippen LogP contribution in [-0.2, 0) is 4.79 Å². The van der Waals surface area contributed by atoms with Crippen molar-refractivity contribution >= 4 is 5.91 Å². The van der Waals surface area contributed by atoms with E-state index in [4.69, 9.17) is 6.42 Å². The lowest BCUT2D eigenvalue weighted by molar-refractivity contribution is -0.133. The van der Waals surface area contributed by atoms with Gasteiger partial charge in [-0.25, -0.2) is 0 Å². The van der Waals surface area contributed by atoms with Crippen LogP contribution in [0.1, 0.15) is 39.5 Å². The van der Waals surface area contributed by atoms with E-state index in [0.29, 0.717) is 24.9 Å². The molecule has 0 N–H and O–H groups in total. The summed E-state index contributed by atoms with van der Waals surface area (Å²) >= 11 is 0. The molecule has 13 heavy (non-hydrogen) atoms. The van der Waals surface area contributed by atoms with Gasteiger partial charge in [0.15, 0.2) is 0 Å². The minimum Gasteiger partial charge on any atom is -0.337 e. The van der Waals surface area contributed by atoms with Gasteiger partial charge in [-0.2, -0.15) is 0 Å². The van der Waals surface area contributed by atoms with Gasteiger partial charge in [0, 0.05) is 24.9 Å². The van der Waals surface area contributed by atoms with E-state index in [0.717, 1.165) is 12.8 Å². The Morgan fingerprint density at radius 1 is 1.46 bits per heavy atom. The number of rotatable bonds is 2. The Kier molecular flexibility index (Phi) is 3.36. The largest absolute Gasteiger partial charge is 0.337 e. The first-order valence-corrected chi connectivity index (χ1v) is 4.91. The predicted molar refractivity (Wildman–Crippen MR) is 53.1 cm³/mol. The molecule has 1 aliphatic rings. The summed E-state index contributed by atoms with van der Waals surface area (Å²) < 4.78 is 0. The van der Waals surface area contributed by atoms with Gasteiger partial charge in [0.1, 0.15) is 0 Å². The molecular formula is C11H17NO. The van der Waals surface area contributed by atoms with Crippen LogP contribution in [0, 0.1) is 12.3 Å². The normalized spacial score (nSPS) is 27.3. The molecule has 0 aromatic heterocycles. The highest BCUT2D eigenvalue weighted by Crippen LogP contribution is 2.24. The number of hydrogen-bond acceptors (Lipinski definition) is 1. The molecule has 72 valence electrons. The number of carbonyl (C=O) groups excluding carboxylic acids is 1. The molecule has 1 fully saturated rings. The summed E-state index contributed by atoms with van der Waals surface area (Å²) in [5, 5.41) is 0. The van der Waals surface area contributed by atoms with E-state index in [2.05, 4.69) is 19.8 Å². The molecule has 2 heteroatoms. The molecular weight excluding hydrogens is 162 g/mol. The summed E-state index contributed by atoms with van der Waals surface area (Å²) in [7, 11) is 0. The van der Waals surface area contributed by atoms with E-state index in [9.17, 15) is 4.79 Å². The Balaban J connectivity index is 2.50. The van der Waals surface area contributed by atoms with Gasteiger partial charge in [-0.3, -0.25) is 4.79 Å². The molecule has 0 aromatic carbocycles. The SMILES string of the molecule is C#CCCC(=O)N1C(C)CCC1C. The van der Waals surface area contributed by atoms with Crippen LogP contribution < -0.4 is 0 Å². The van der Waals surface area contributed by atoms with Crippen molar-refractivity contribution < 1.29 is 4.79 Å². The van der Waals surface area contributed by atoms with Crippen molar-refractivity contribution in [2.24, 2.45) is 0 Å². The first-order chi connectivity index (χ1) is 6.16. The van der Waals surface area contributed by atoms with Gasteiger partial charge in [0.05, 0.1) is 0 Å². The first-order valence-electron chi connectivity index (χ1n) is 4.91. The lowest BCUT2D eigenvalue weighted by Crippen LogP contribution is -2.38. The zero-order valence-corrected chi connectivity index (χ0v) is 8.42. The van der Waals surface area contributed by atoms with Crippen molar-refractivity contribution in [1.82, 2.24) is 4.90 Å². The Morgan fingerprint density at radius 2 is 2.00 bits per heavy atom. The molecule has 1 aliphatic heterocycles. The highest BCUT2D eigenvalue weighted by atomic mass is 16.2. The fourth-order valence-electron chi connectivity index (χ4n) is 1.99. The van der Waals surface area contributed by atoms with E-state index in [-0.39, 0.29) is 5.91 Å². The van der Waals surface area contributed by atoms with Gasteiger partial charge < -0.3 is 4.90 Å². The number of carbonyl (C=O) groups is 1. The number of terminal acetylenes is 1. The molecule has 0 aliphatic carbocycles. The van der Waals surface area contributed by atoms with Gasteiger partial charge in [-0.15, -0.1) is 12.3 Å². The lowest BCUT2D eigenvalue weighted by Gasteiger charge is -2.26. The van der Waals surface area contributed by atoms with Gasteiger partial charge in [-0.1, -0.05) is 0 Å². The Morgan fingerprint density at radius 3 is 2.46 bits per heavy atom. The number of nitrogens with zero attached hydrogens (tertiary/aromatic N) is 1. The monoisotopic (exact) mass is 179 g/mol. The summed E-state index contributed by atoms with van der Waals surface area (Å²) in [6, 6.07) is 0.806. The Hall–Kier alpha value is -0.970. The van der Waals surface area contributed by atoms with Crippen LogP contribution in [-0.4, -0.2) is 22.9 Å². The third-order valence-electron chi connectivity index (χ3n) is 2.72. The Bertz CT molecular complexity index is 219. The predicted octanol–water partition coefficient (Wildman–Crippen LogP) is 1.80. The second-order valence-corrected chi connectivity index (χ2v) is 3.78. The number of amides is 1. The summed E-state index contributed by atoms with van der Waals surface area (Å²) in [4.78, 5) is 13.6. The first kappa shape index (κ1) is 10.1. The average molecular weight is 179 g/mol. The molecule has 2 nitrogen and oxygen atoms in total. The maximum absolute atomic E-state index is 11.7. The van der Waals surface area contributed by atoms with Crippen LogP contribution in [0.5, 0.6) is 0 Å². The number of likely N-dealkylation sites (tertiary alicyclic amines) is 1. The molecule has 0 spiro atoms. The summed E-state index contributed by atoms with van der Waals surface area (Å²) in [6.07, 6.45) is 8.45. The molecule has 1 heterocycles. The standard InChI is InChI=1S/C11H17NO/c1-4-5-6-11(13)12-9(2)7-8-10(12)3/h1,9-10H,5-8H2,2-3H3. The van der Waals surface area contributed by atoms with Gasteiger partial charge in [-0.05, 0) is 26.7 Å². The average Bonchev–Trinajstić information content (AvgIpc) is 2.42. The number of hydrogen-bond donors (Lipinski definition) is 0. The highest BCUT2D eigenvalue weighted by molar-refractivity contribution is 5.77. The minimum absolute atomic E-state index is 0.218. The molecule has 0 bridgehead atoms. The van der Waals surface area contributed by atoms with E-state index in [1.54, 1.807) is 0 Å². The van der Waals surface area contributed by atoms with E-state index in [1.165, 1.54) is 0 Å². The molecule has 2 atom stereocenters. The van der Waals surface area contributed by atoms with Gasteiger partial charge in [0.2, 0.25) is 5.91 Å². The van der Waals surface area contributed by atoms with Crippen molar-refractivity contribution in [3.63, 3.8) is 0 Å². The zero-order chi connectivity index (χ0) is 9.84. The molecule has 0 aromatic rings. The van der Waals surface area contributed by atoms with Crippen LogP contribution in [0.4, 0.5) is 0 Å². The highest BCUT2D eigenvalue weighted by Gasteiger charge is 2.30. The van der Waals surface area contributed by atoms with Crippen molar-refractivity contribution in [2.75, 3.05) is 0 Å². The van der Waals surface area contributed by atoms with Crippen molar-refractivity contribution in [3.8, 4) is 12.3 Å². The fourth-order valence-corrected chi connectivity index (χ4v) is 1.99. The smallest absolute Gasteiger partial charge is 0.224 e. The third kappa shape index (κ3) is 2.24. The second-order valence-electron chi connectivity index (χ2n) is 3.78. The van der Waals surface area contributed by atoms with Crippen LogP contribution >= 0.6 is 0 Å². The van der Waals surface area contributed by atoms with Crippen molar-refractivity contribution in [1.29, 1.82) is 0 Å². The van der Waals surface area contributed by atoms with Gasteiger partial charge >= 0.3 is 0 Å². The second kappa shape index (κ2) is 4.32. The van der Waals surface area contributed by atoms with Crippen molar-refractivity contribution in [2.45, 2.75) is 51.6 Å². The molecule has 1 amide bonds. The fraction of sp³-hybridized carbons (Fsp3) is 0.727. The zero-order valence-electron chi connectivity index (χ0n) is 8.42. The van der Waals surface area contributed by atoms with Crippen LogP contribution in [0.15, 0.2) is 0 Å². The maximum Gasteiger partial charge on any atom is 0.224 e. The van der Waals surface area contributed by atoms with E-state index >= 15 is 0 Å². The van der Waals surface area contributed by atoms with Crippen molar-refractivity contribution in [3.05, 3.63) is 0 Å². The minimum atomic E-state index is 0.218. The van der Waals surface area contributed by atoms with Gasteiger partial charge in [0.25, 0.3) is 0 Å². The van der Waals surface area contributed by atoms with E-state index in [1.807, 2.05) is 4.90 Å². The molecule has 1 saturated heterocycles. The molecule has 1 rings (SSSR count). The summed E-state index contributed by atoms with van der Waals surface area (Å²) in [5.41, 5.74) is 0. The molecule has 2 unspecified atom stereocenters. The lowest BCUT2D eigenvalue weighted by atomic mass is 10.2. The molecule has 0 radical (unpaired) electrons. The summed E-state index contributed by atoms with van der Waals surface area (Å²) in [5.74, 6) is 2.72. The van der Waals surface area contributed by atoms with E-state index < -0.39 is 0 Å². The molecule has 0 saturated carbocycles. The van der Waals surface area contributed by atoms with Crippen LogP contribution in [0.2, 0.25) is 0 Å². The quantitative estimate of drug-likeness (QED) is 0.592. The van der Waals surface area contributed by atoms with Crippen LogP contribution in [0.25, 0.3) is 0 Å². The Labute approximate surface area is 80.3 Å². The topological polar surface area (TPSA) is 20.3 Å². The third-order valence-corrected chi connectivity index (χ3v) is 2.72. The maximum atomic E-state index is 11.7. The van der Waals surface area contributed by atoms with Crippen LogP contribution in [0.3, 0.4) is 0 Å².